The number of ether oxygens (including phenoxy) is 3. The Labute approximate surface area is 188 Å². The molecule has 0 atom stereocenters. The van der Waals surface area contributed by atoms with Crippen molar-refractivity contribution in [1.82, 2.24) is 0 Å². The van der Waals surface area contributed by atoms with E-state index < -0.39 is 77.0 Å². The lowest BCUT2D eigenvalue weighted by atomic mass is 10.0. The van der Waals surface area contributed by atoms with E-state index in [0.717, 1.165) is 13.8 Å². The average molecular weight is 513 g/mol. The summed E-state index contributed by atoms with van der Waals surface area (Å²) in [6.07, 6.45) is -0.838. The first kappa shape index (κ1) is 32.9. The smallest absolute Gasteiger partial charge is 0.367 e. The number of rotatable bonds is 11. The molecule has 194 valence electrons. The first-order valence-corrected chi connectivity index (χ1v) is 10.5. The quantitative estimate of drug-likeness (QED) is 0.134. The third-order valence-corrected chi connectivity index (χ3v) is 4.29. The summed E-state index contributed by atoms with van der Waals surface area (Å²) in [5, 5.41) is -4.72. The van der Waals surface area contributed by atoms with Gasteiger partial charge >= 0.3 is 23.2 Å². The molecule has 0 aromatic heterocycles. The molecule has 33 heavy (non-hydrogen) atoms. The van der Waals surface area contributed by atoms with Crippen molar-refractivity contribution in [2.45, 2.75) is 57.9 Å². The van der Waals surface area contributed by atoms with Crippen molar-refractivity contribution in [1.29, 1.82) is 0 Å². The van der Waals surface area contributed by atoms with E-state index in [0.29, 0.717) is 0 Å². The highest BCUT2D eigenvalue weighted by Crippen LogP contribution is 2.34. The minimum Gasteiger partial charge on any atom is -0.743 e. The number of hydrogen-bond acceptors (Lipinski definition) is 9. The van der Waals surface area contributed by atoms with Gasteiger partial charge in [-0.25, -0.2) is 31.2 Å². The molecular formula is C18H26F5O9S-. The number of carbonyl (C=O) groups excluding carboxylic acids is 3. The molecule has 15 heteroatoms. The van der Waals surface area contributed by atoms with Crippen LogP contribution in [0.25, 0.3) is 0 Å². The van der Waals surface area contributed by atoms with Gasteiger partial charge in [-0.2, -0.15) is 8.78 Å². The number of halogens is 5. The molecule has 0 aromatic rings. The normalized spacial score (nSPS) is 12.4. The van der Waals surface area contributed by atoms with Crippen LogP contribution in [0.5, 0.6) is 0 Å². The van der Waals surface area contributed by atoms with Gasteiger partial charge in [0.15, 0.2) is 29.0 Å². The van der Waals surface area contributed by atoms with Crippen LogP contribution in [0.1, 0.15) is 41.0 Å². The fraction of sp³-hybridized carbons (Fsp3) is 0.722. The van der Waals surface area contributed by atoms with E-state index in [2.05, 4.69) is 20.8 Å². The fourth-order valence-electron chi connectivity index (χ4n) is 1.27. The summed E-state index contributed by atoms with van der Waals surface area (Å²) >= 11 is 0. The maximum atomic E-state index is 13.0. The first-order valence-electron chi connectivity index (χ1n) is 9.10. The zero-order valence-electron chi connectivity index (χ0n) is 18.6. The Morgan fingerprint density at radius 1 is 1.00 bits per heavy atom. The highest BCUT2D eigenvalue weighted by atomic mass is 32.2. The van der Waals surface area contributed by atoms with Crippen LogP contribution in [-0.2, 0) is 38.7 Å². The maximum Gasteiger partial charge on any atom is 0.367 e. The van der Waals surface area contributed by atoms with Crippen molar-refractivity contribution in [2.75, 3.05) is 19.8 Å². The van der Waals surface area contributed by atoms with Crippen LogP contribution in [-0.4, -0.2) is 67.5 Å². The lowest BCUT2D eigenvalue weighted by molar-refractivity contribution is -0.163. The standard InChI is InChI=1S/C10H15F3O2.C8H12F2O7S/c1-7(2)8(14)15-6-5-10(12,13)9(3,4)11;1-5(2)7(12)16-3-6(11)17-4-8(9,10)18(13,14)15/h1,5-6H2,2-4H3;5H,3-4H2,1-2H3,(H,13,14,15)/p-1. The van der Waals surface area contributed by atoms with Crippen LogP contribution in [0, 0.1) is 5.92 Å². The van der Waals surface area contributed by atoms with Crippen LogP contribution in [0.15, 0.2) is 12.2 Å². The molecule has 0 saturated carbocycles. The Morgan fingerprint density at radius 3 is 1.85 bits per heavy atom. The predicted octanol–water partition coefficient (Wildman–Crippen LogP) is 2.75. The molecule has 0 saturated heterocycles. The molecule has 0 rings (SSSR count). The van der Waals surface area contributed by atoms with Crippen LogP contribution in [0.2, 0.25) is 0 Å². The third kappa shape index (κ3) is 13.1. The van der Waals surface area contributed by atoms with Crippen molar-refractivity contribution in [3.8, 4) is 0 Å². The summed E-state index contributed by atoms with van der Waals surface area (Å²) < 4.78 is 107. The Balaban J connectivity index is 0. The fourth-order valence-corrected chi connectivity index (χ4v) is 1.47. The zero-order valence-corrected chi connectivity index (χ0v) is 19.4. The number of alkyl halides is 5. The molecule has 0 aromatic carbocycles. The van der Waals surface area contributed by atoms with Gasteiger partial charge in [0.05, 0.1) is 12.5 Å². The second-order valence-electron chi connectivity index (χ2n) is 7.36. The molecule has 0 unspecified atom stereocenters. The summed E-state index contributed by atoms with van der Waals surface area (Å²) in [5.74, 6) is -6.92. The number of carbonyl (C=O) groups is 3. The molecule has 0 aliphatic carbocycles. The van der Waals surface area contributed by atoms with Gasteiger partial charge in [-0.3, -0.25) is 4.79 Å². The van der Waals surface area contributed by atoms with Gasteiger partial charge in [-0.1, -0.05) is 20.4 Å². The summed E-state index contributed by atoms with van der Waals surface area (Å²) in [4.78, 5) is 32.5. The minimum atomic E-state index is -5.91. The van der Waals surface area contributed by atoms with Gasteiger partial charge in [-0.15, -0.1) is 0 Å². The Bertz CT molecular complexity index is 803. The van der Waals surface area contributed by atoms with Crippen molar-refractivity contribution < 1.29 is 63.5 Å². The van der Waals surface area contributed by atoms with Gasteiger partial charge in [0.2, 0.25) is 0 Å². The molecule has 0 radical (unpaired) electrons. The van der Waals surface area contributed by atoms with E-state index in [9.17, 15) is 49.3 Å². The Hall–Kier alpha value is -2.29. The van der Waals surface area contributed by atoms with E-state index in [4.69, 9.17) is 0 Å². The molecule has 0 amide bonds. The van der Waals surface area contributed by atoms with E-state index in [-0.39, 0.29) is 5.57 Å². The Kier molecular flexibility index (Phi) is 12.8. The summed E-state index contributed by atoms with van der Waals surface area (Å²) in [6.45, 7) is 5.83. The first-order chi connectivity index (χ1) is 14.5. The van der Waals surface area contributed by atoms with Crippen molar-refractivity contribution in [3.63, 3.8) is 0 Å². The van der Waals surface area contributed by atoms with Gasteiger partial charge in [-0.05, 0) is 20.8 Å². The minimum absolute atomic E-state index is 0.123. The lowest BCUT2D eigenvalue weighted by Gasteiger charge is -2.26. The van der Waals surface area contributed by atoms with Crippen LogP contribution >= 0.6 is 0 Å². The number of esters is 3. The summed E-state index contributed by atoms with van der Waals surface area (Å²) in [5.41, 5.74) is -2.50. The lowest BCUT2D eigenvalue weighted by Crippen LogP contribution is -2.39. The third-order valence-electron chi connectivity index (χ3n) is 3.44. The van der Waals surface area contributed by atoms with Crippen molar-refractivity contribution in [3.05, 3.63) is 12.2 Å². The molecule has 0 spiro atoms. The topological polar surface area (TPSA) is 136 Å². The highest BCUT2D eigenvalue weighted by Gasteiger charge is 2.47. The Morgan fingerprint density at radius 2 is 1.48 bits per heavy atom. The van der Waals surface area contributed by atoms with Crippen molar-refractivity contribution >= 4 is 28.0 Å². The maximum absolute atomic E-state index is 13.0. The van der Waals surface area contributed by atoms with E-state index in [1.807, 2.05) is 0 Å². The second kappa shape index (κ2) is 12.8. The monoisotopic (exact) mass is 513 g/mol. The van der Waals surface area contributed by atoms with Gasteiger partial charge in [0.1, 0.15) is 0 Å². The predicted molar refractivity (Wildman–Crippen MR) is 102 cm³/mol. The van der Waals surface area contributed by atoms with E-state index >= 15 is 0 Å². The van der Waals surface area contributed by atoms with Crippen LogP contribution in [0.3, 0.4) is 0 Å². The average Bonchev–Trinajstić information content (AvgIpc) is 2.62. The van der Waals surface area contributed by atoms with E-state index in [1.165, 1.54) is 20.8 Å². The SMILES string of the molecule is C=C(C)C(=O)OCCC(F)(F)C(C)(C)F.CC(C)C(=O)OCC(=O)OCC(F)(F)S(=O)(=O)[O-]. The zero-order chi connectivity index (χ0) is 26.8. The van der Waals surface area contributed by atoms with Gasteiger partial charge in [0, 0.05) is 12.0 Å². The van der Waals surface area contributed by atoms with Gasteiger partial charge < -0.3 is 18.8 Å². The van der Waals surface area contributed by atoms with E-state index in [1.54, 1.807) is 0 Å². The molecule has 0 bridgehead atoms. The second-order valence-corrected chi connectivity index (χ2v) is 8.86. The van der Waals surface area contributed by atoms with Crippen molar-refractivity contribution in [2.24, 2.45) is 5.92 Å². The molecule has 0 aliphatic heterocycles. The molecule has 0 aliphatic rings. The molecular weight excluding hydrogens is 487 g/mol. The molecule has 0 N–H and O–H groups in total. The number of hydrogen-bond donors (Lipinski definition) is 0. The van der Waals surface area contributed by atoms with Gasteiger partial charge in [0.25, 0.3) is 5.92 Å². The molecule has 9 nitrogen and oxygen atoms in total. The molecule has 0 fully saturated rings. The molecule has 0 heterocycles. The largest absolute Gasteiger partial charge is 0.743 e. The highest BCUT2D eigenvalue weighted by molar-refractivity contribution is 7.86. The van der Waals surface area contributed by atoms with Crippen LogP contribution in [0.4, 0.5) is 22.0 Å². The van der Waals surface area contributed by atoms with Crippen LogP contribution < -0.4 is 0 Å². The summed E-state index contributed by atoms with van der Waals surface area (Å²) in [7, 11) is -5.91. The summed E-state index contributed by atoms with van der Waals surface area (Å²) in [6, 6.07) is 0.